The average molecular weight is 320 g/mol. The molecule has 4 rings (SSSR count). The lowest BCUT2D eigenvalue weighted by atomic mass is 10.1. The lowest BCUT2D eigenvalue weighted by molar-refractivity contribution is 0.0698. The molecule has 0 aliphatic heterocycles. The predicted octanol–water partition coefficient (Wildman–Crippen LogP) is 3.27. The van der Waals surface area contributed by atoms with Gasteiger partial charge < -0.3 is 21.6 Å². The summed E-state index contributed by atoms with van der Waals surface area (Å²) in [5.74, 6) is -0.519. The molecule has 4 aromatic rings. The minimum atomic E-state index is -0.992. The molecule has 0 aliphatic rings. The quantitative estimate of drug-likeness (QED) is 0.401. The van der Waals surface area contributed by atoms with Gasteiger partial charge >= 0.3 is 5.97 Å². The molecule has 0 radical (unpaired) electrons. The maximum Gasteiger partial charge on any atom is 0.337 e. The second kappa shape index (κ2) is 6.29. The first-order chi connectivity index (χ1) is 11.5. The van der Waals surface area contributed by atoms with Crippen molar-refractivity contribution in [1.29, 1.82) is 0 Å². The smallest absolute Gasteiger partial charge is 0.337 e. The van der Waals surface area contributed by atoms with Gasteiger partial charge in [0, 0.05) is 5.69 Å². The summed E-state index contributed by atoms with van der Waals surface area (Å²) in [6, 6.07) is 18.5. The van der Waals surface area contributed by atoms with E-state index in [1.54, 1.807) is 12.1 Å². The molecule has 0 atom stereocenters. The highest BCUT2D eigenvalue weighted by Crippen LogP contribution is 2.21. The van der Waals surface area contributed by atoms with Gasteiger partial charge in [0.15, 0.2) is 5.95 Å². The molecular weight excluding hydrogens is 304 g/mol. The van der Waals surface area contributed by atoms with Gasteiger partial charge in [-0.25, -0.2) is 9.78 Å². The van der Waals surface area contributed by atoms with E-state index in [1.807, 2.05) is 48.5 Å². The van der Waals surface area contributed by atoms with Crippen LogP contribution in [-0.2, 0) is 0 Å². The fourth-order valence-electron chi connectivity index (χ4n) is 2.42. The summed E-state index contributed by atoms with van der Waals surface area (Å²) in [7, 11) is 0. The highest BCUT2D eigenvalue weighted by molar-refractivity contribution is 6.00. The van der Waals surface area contributed by atoms with Gasteiger partial charge in [-0.3, -0.25) is 0 Å². The summed E-state index contributed by atoms with van der Waals surface area (Å²) in [6.45, 7) is 0. The Bertz CT molecular complexity index is 991. The van der Waals surface area contributed by atoms with Crippen LogP contribution in [0, 0.1) is 0 Å². The normalized spacial score (nSPS) is 10.3. The first-order valence-corrected chi connectivity index (χ1v) is 7.26. The number of nitrogen functional groups attached to an aromatic ring is 2. The molecule has 0 spiro atoms. The molecule has 0 saturated heterocycles. The van der Waals surface area contributed by atoms with Crippen LogP contribution < -0.4 is 11.5 Å². The Hall–Kier alpha value is -3.54. The highest BCUT2D eigenvalue weighted by atomic mass is 16.4. The Kier molecular flexibility index (Phi) is 4.03. The van der Waals surface area contributed by atoms with Gasteiger partial charge in [0.05, 0.1) is 16.6 Å². The van der Waals surface area contributed by atoms with Crippen molar-refractivity contribution in [1.82, 2.24) is 9.97 Å². The van der Waals surface area contributed by atoms with Gasteiger partial charge in [-0.05, 0) is 35.0 Å². The summed E-state index contributed by atoms with van der Waals surface area (Å²) in [5.41, 5.74) is 13.4. The van der Waals surface area contributed by atoms with Crippen LogP contribution in [-0.4, -0.2) is 21.0 Å². The Morgan fingerprint density at radius 2 is 1.58 bits per heavy atom. The van der Waals surface area contributed by atoms with Crippen LogP contribution in [0.15, 0.2) is 60.7 Å². The number of nitrogens with zero attached hydrogens (tertiary/aromatic N) is 1. The number of hydrogen-bond acceptors (Lipinski definition) is 4. The molecule has 0 amide bonds. The zero-order valence-electron chi connectivity index (χ0n) is 12.7. The van der Waals surface area contributed by atoms with Crippen LogP contribution in [0.1, 0.15) is 10.4 Å². The number of carbonyl (C=O) groups is 1. The molecule has 0 bridgehead atoms. The van der Waals surface area contributed by atoms with Crippen LogP contribution in [0.5, 0.6) is 0 Å². The van der Waals surface area contributed by atoms with Crippen molar-refractivity contribution in [2.45, 2.75) is 0 Å². The van der Waals surface area contributed by atoms with Crippen LogP contribution in [0.2, 0.25) is 0 Å². The van der Waals surface area contributed by atoms with Crippen molar-refractivity contribution in [2.75, 3.05) is 11.5 Å². The lowest BCUT2D eigenvalue weighted by Gasteiger charge is -2.03. The number of aromatic amines is 1. The largest absolute Gasteiger partial charge is 0.478 e. The van der Waals surface area contributed by atoms with Crippen LogP contribution in [0.25, 0.3) is 21.8 Å². The molecule has 1 heterocycles. The van der Waals surface area contributed by atoms with Gasteiger partial charge in [-0.15, -0.1) is 0 Å². The molecule has 6 nitrogen and oxygen atoms in total. The van der Waals surface area contributed by atoms with E-state index in [1.165, 1.54) is 0 Å². The van der Waals surface area contributed by atoms with Crippen LogP contribution in [0.3, 0.4) is 0 Å². The van der Waals surface area contributed by atoms with E-state index in [9.17, 15) is 4.79 Å². The summed E-state index contributed by atoms with van der Waals surface area (Å²) < 4.78 is 0. The molecule has 0 fully saturated rings. The maximum atomic E-state index is 10.8. The SMILES string of the molecule is Nc1cc2ccccc2cc1C(=O)O.Nc1nc2ccccc2[nH]1. The molecule has 3 aromatic carbocycles. The number of benzene rings is 3. The number of nitrogens with one attached hydrogen (secondary N) is 1. The molecule has 0 saturated carbocycles. The Morgan fingerprint density at radius 3 is 2.25 bits per heavy atom. The summed E-state index contributed by atoms with van der Waals surface area (Å²) in [4.78, 5) is 17.7. The summed E-state index contributed by atoms with van der Waals surface area (Å²) >= 11 is 0. The van der Waals surface area contributed by atoms with Gasteiger partial charge in [0.25, 0.3) is 0 Å². The monoisotopic (exact) mass is 320 g/mol. The standard InChI is InChI=1S/C11H9NO2.C7H7N3/c12-10-6-8-4-2-1-3-7(8)5-9(10)11(13)14;8-7-9-5-3-1-2-4-6(5)10-7/h1-6H,12H2,(H,13,14);1-4H,(H3,8,9,10). The second-order valence-corrected chi connectivity index (χ2v) is 5.23. The molecule has 120 valence electrons. The third kappa shape index (κ3) is 3.12. The van der Waals surface area contributed by atoms with Crippen molar-refractivity contribution < 1.29 is 9.90 Å². The Labute approximate surface area is 137 Å². The number of carboxylic acid groups (broad SMARTS) is 1. The van der Waals surface area contributed by atoms with Crippen molar-refractivity contribution in [3.63, 3.8) is 0 Å². The van der Waals surface area contributed by atoms with E-state index in [-0.39, 0.29) is 5.56 Å². The number of H-pyrrole nitrogens is 1. The number of carboxylic acids is 1. The molecule has 0 aliphatic carbocycles. The molecule has 6 N–H and O–H groups in total. The topological polar surface area (TPSA) is 118 Å². The molecule has 6 heteroatoms. The summed E-state index contributed by atoms with van der Waals surface area (Å²) in [5, 5.41) is 10.7. The first kappa shape index (κ1) is 15.4. The third-order valence-corrected chi connectivity index (χ3v) is 3.56. The minimum absolute atomic E-state index is 0.156. The van der Waals surface area contributed by atoms with Gasteiger partial charge in [-0.1, -0.05) is 36.4 Å². The Morgan fingerprint density at radius 1 is 0.958 bits per heavy atom. The van der Waals surface area contributed by atoms with E-state index in [0.717, 1.165) is 21.8 Å². The van der Waals surface area contributed by atoms with E-state index in [0.29, 0.717) is 11.6 Å². The van der Waals surface area contributed by atoms with Crippen LogP contribution >= 0.6 is 0 Å². The highest BCUT2D eigenvalue weighted by Gasteiger charge is 2.08. The van der Waals surface area contributed by atoms with Crippen molar-refractivity contribution >= 4 is 39.4 Å². The fraction of sp³-hybridized carbons (Fsp3) is 0. The number of aromatic carboxylic acids is 1. The molecule has 24 heavy (non-hydrogen) atoms. The van der Waals surface area contributed by atoms with Gasteiger partial charge in [-0.2, -0.15) is 0 Å². The van der Waals surface area contributed by atoms with Crippen molar-refractivity contribution in [3.05, 3.63) is 66.2 Å². The maximum absolute atomic E-state index is 10.8. The number of fused-ring (bicyclic) bond motifs is 2. The fourth-order valence-corrected chi connectivity index (χ4v) is 2.42. The number of para-hydroxylation sites is 2. The van der Waals surface area contributed by atoms with Gasteiger partial charge in [0.2, 0.25) is 0 Å². The van der Waals surface area contributed by atoms with Gasteiger partial charge in [0.1, 0.15) is 0 Å². The number of rotatable bonds is 1. The number of aromatic nitrogens is 2. The number of nitrogens with two attached hydrogens (primary N) is 2. The van der Waals surface area contributed by atoms with E-state index in [4.69, 9.17) is 16.6 Å². The lowest BCUT2D eigenvalue weighted by Crippen LogP contribution is -2.01. The minimum Gasteiger partial charge on any atom is -0.478 e. The van der Waals surface area contributed by atoms with E-state index >= 15 is 0 Å². The summed E-state index contributed by atoms with van der Waals surface area (Å²) in [6.07, 6.45) is 0. The van der Waals surface area contributed by atoms with E-state index < -0.39 is 5.97 Å². The second-order valence-electron chi connectivity index (χ2n) is 5.23. The zero-order valence-corrected chi connectivity index (χ0v) is 12.7. The zero-order chi connectivity index (χ0) is 17.1. The molecular formula is C18H16N4O2. The third-order valence-electron chi connectivity index (χ3n) is 3.56. The molecule has 1 aromatic heterocycles. The number of anilines is 2. The van der Waals surface area contributed by atoms with E-state index in [2.05, 4.69) is 9.97 Å². The first-order valence-electron chi connectivity index (χ1n) is 7.26. The predicted molar refractivity (Wildman–Crippen MR) is 95.8 cm³/mol. The molecule has 0 unspecified atom stereocenters. The Balaban J connectivity index is 0.000000149. The van der Waals surface area contributed by atoms with Crippen molar-refractivity contribution in [2.24, 2.45) is 0 Å². The number of hydrogen-bond donors (Lipinski definition) is 4. The number of imidazole rings is 1. The van der Waals surface area contributed by atoms with Crippen LogP contribution in [0.4, 0.5) is 11.6 Å². The van der Waals surface area contributed by atoms with Crippen molar-refractivity contribution in [3.8, 4) is 0 Å². The average Bonchev–Trinajstić information content (AvgIpc) is 2.94.